The third-order valence-electron chi connectivity index (χ3n) is 3.84. The predicted octanol–water partition coefficient (Wildman–Crippen LogP) is 3.04. The van der Waals surface area contributed by atoms with Crippen molar-refractivity contribution in [2.75, 3.05) is 6.54 Å². The number of rotatable bonds is 6. The van der Waals surface area contributed by atoms with Crippen molar-refractivity contribution in [2.45, 2.75) is 20.0 Å². The van der Waals surface area contributed by atoms with E-state index in [0.29, 0.717) is 30.4 Å². The van der Waals surface area contributed by atoms with E-state index >= 15 is 0 Å². The summed E-state index contributed by atoms with van der Waals surface area (Å²) in [5.74, 6) is -0.148. The number of carbonyl (C=O) groups is 1. The molecule has 1 aromatic carbocycles. The highest BCUT2D eigenvalue weighted by Crippen LogP contribution is 2.16. The summed E-state index contributed by atoms with van der Waals surface area (Å²) in [6, 6.07) is 11.3. The fourth-order valence-corrected chi connectivity index (χ4v) is 2.67. The Hall–Kier alpha value is -2.73. The van der Waals surface area contributed by atoms with Crippen LogP contribution in [0.2, 0.25) is 5.02 Å². The molecule has 0 atom stereocenters. The summed E-state index contributed by atoms with van der Waals surface area (Å²) in [4.78, 5) is 18.4. The van der Waals surface area contributed by atoms with Crippen LogP contribution in [0.15, 0.2) is 55.0 Å². The maximum Gasteiger partial charge on any atom is 0.276 e. The Bertz CT molecular complexity index is 849. The topological polar surface area (TPSA) is 63.9 Å². The van der Waals surface area contributed by atoms with Crippen molar-refractivity contribution < 1.29 is 4.79 Å². The number of benzene rings is 1. The summed E-state index contributed by atoms with van der Waals surface area (Å²) in [6.45, 7) is 3.50. The first kappa shape index (κ1) is 17.1. The highest BCUT2D eigenvalue weighted by molar-refractivity contribution is 6.31. The first-order valence-electron chi connectivity index (χ1n) is 7.99. The third kappa shape index (κ3) is 4.22. The largest absolute Gasteiger partial charge is 0.333 e. The number of carbonyl (C=O) groups excluding carboxylic acids is 1. The molecular formula is C18H18ClN5O. The van der Waals surface area contributed by atoms with Gasteiger partial charge in [-0.2, -0.15) is 0 Å². The Morgan fingerprint density at radius 3 is 2.68 bits per heavy atom. The van der Waals surface area contributed by atoms with Crippen molar-refractivity contribution in [1.29, 1.82) is 0 Å². The highest BCUT2D eigenvalue weighted by atomic mass is 35.5. The van der Waals surface area contributed by atoms with E-state index in [1.807, 2.05) is 43.3 Å². The fraction of sp³-hybridized carbons (Fsp3) is 0.222. The van der Waals surface area contributed by atoms with Crippen molar-refractivity contribution in [3.05, 3.63) is 76.8 Å². The van der Waals surface area contributed by atoms with E-state index in [9.17, 15) is 4.79 Å². The number of aromatic nitrogens is 4. The summed E-state index contributed by atoms with van der Waals surface area (Å²) in [6.07, 6.45) is 5.09. The summed E-state index contributed by atoms with van der Waals surface area (Å²) in [5, 5.41) is 8.73. The molecule has 128 valence electrons. The molecule has 0 saturated carbocycles. The highest BCUT2D eigenvalue weighted by Gasteiger charge is 2.18. The molecule has 0 bridgehead atoms. The van der Waals surface area contributed by atoms with E-state index in [1.165, 1.54) is 0 Å². The lowest BCUT2D eigenvalue weighted by molar-refractivity contribution is 0.0746. The maximum absolute atomic E-state index is 12.7. The normalized spacial score (nSPS) is 10.6. The number of amides is 1. The van der Waals surface area contributed by atoms with Gasteiger partial charge in [-0.3, -0.25) is 9.78 Å². The van der Waals surface area contributed by atoms with E-state index < -0.39 is 0 Å². The van der Waals surface area contributed by atoms with Gasteiger partial charge < -0.3 is 4.90 Å². The average Bonchev–Trinajstić information content (AvgIpc) is 3.10. The molecule has 0 radical (unpaired) electrons. The molecule has 0 unspecified atom stereocenters. The molecule has 25 heavy (non-hydrogen) atoms. The van der Waals surface area contributed by atoms with Gasteiger partial charge in [0.15, 0.2) is 5.69 Å². The second-order valence-electron chi connectivity index (χ2n) is 5.57. The molecule has 0 aliphatic heterocycles. The van der Waals surface area contributed by atoms with Crippen molar-refractivity contribution in [2.24, 2.45) is 0 Å². The van der Waals surface area contributed by atoms with Crippen molar-refractivity contribution in [3.8, 4) is 0 Å². The van der Waals surface area contributed by atoms with Crippen LogP contribution in [0.25, 0.3) is 0 Å². The molecule has 0 N–H and O–H groups in total. The van der Waals surface area contributed by atoms with Crippen LogP contribution in [-0.4, -0.2) is 37.3 Å². The fourth-order valence-electron chi connectivity index (χ4n) is 2.47. The molecule has 1 amide bonds. The summed E-state index contributed by atoms with van der Waals surface area (Å²) >= 11 is 6.16. The molecule has 0 saturated heterocycles. The molecule has 0 fully saturated rings. The number of pyridine rings is 1. The van der Waals surface area contributed by atoms with Crippen LogP contribution < -0.4 is 0 Å². The molecule has 3 rings (SSSR count). The predicted molar refractivity (Wildman–Crippen MR) is 95.2 cm³/mol. The summed E-state index contributed by atoms with van der Waals surface area (Å²) < 4.78 is 1.62. The van der Waals surface area contributed by atoms with Gasteiger partial charge in [-0.15, -0.1) is 5.10 Å². The molecule has 2 heterocycles. The standard InChI is InChI=1S/C18H18ClN5O/c1-2-23(11-14-7-9-20-10-8-14)18(25)17-13-24(22-21-17)12-15-5-3-4-6-16(15)19/h3-10,13H,2,11-12H2,1H3. The van der Waals surface area contributed by atoms with Crippen molar-refractivity contribution in [3.63, 3.8) is 0 Å². The van der Waals surface area contributed by atoms with Crippen molar-refractivity contribution in [1.82, 2.24) is 24.9 Å². The molecule has 2 aromatic heterocycles. The van der Waals surface area contributed by atoms with E-state index in [1.54, 1.807) is 28.2 Å². The van der Waals surface area contributed by atoms with Gasteiger partial charge in [0.25, 0.3) is 5.91 Å². The lowest BCUT2D eigenvalue weighted by Crippen LogP contribution is -2.30. The van der Waals surface area contributed by atoms with Crippen LogP contribution in [0.1, 0.15) is 28.5 Å². The molecule has 0 aliphatic carbocycles. The van der Waals surface area contributed by atoms with Gasteiger partial charge in [0.1, 0.15) is 0 Å². The van der Waals surface area contributed by atoms with Crippen LogP contribution in [0.4, 0.5) is 0 Å². The lowest BCUT2D eigenvalue weighted by Gasteiger charge is -2.19. The van der Waals surface area contributed by atoms with Gasteiger partial charge in [-0.1, -0.05) is 35.0 Å². The quantitative estimate of drug-likeness (QED) is 0.681. The van der Waals surface area contributed by atoms with Crippen LogP contribution in [-0.2, 0) is 13.1 Å². The molecule has 0 aliphatic rings. The number of nitrogens with zero attached hydrogens (tertiary/aromatic N) is 5. The van der Waals surface area contributed by atoms with E-state index in [4.69, 9.17) is 11.6 Å². The van der Waals surface area contributed by atoms with Crippen LogP contribution in [0, 0.1) is 0 Å². The third-order valence-corrected chi connectivity index (χ3v) is 4.21. The first-order valence-corrected chi connectivity index (χ1v) is 8.37. The minimum absolute atomic E-state index is 0.148. The Kier molecular flexibility index (Phi) is 5.40. The minimum atomic E-state index is -0.148. The van der Waals surface area contributed by atoms with E-state index in [-0.39, 0.29) is 5.91 Å². The zero-order valence-corrected chi connectivity index (χ0v) is 14.6. The lowest BCUT2D eigenvalue weighted by atomic mass is 10.2. The van der Waals surface area contributed by atoms with Gasteiger partial charge in [0.2, 0.25) is 0 Å². The van der Waals surface area contributed by atoms with Crippen LogP contribution in [0.5, 0.6) is 0 Å². The maximum atomic E-state index is 12.7. The Morgan fingerprint density at radius 1 is 1.20 bits per heavy atom. The molecule has 6 nitrogen and oxygen atoms in total. The molecular weight excluding hydrogens is 338 g/mol. The SMILES string of the molecule is CCN(Cc1ccncc1)C(=O)c1cn(Cc2ccccc2Cl)nn1. The molecule has 3 aromatic rings. The van der Waals surface area contributed by atoms with Gasteiger partial charge in [-0.05, 0) is 36.2 Å². The first-order chi connectivity index (χ1) is 12.2. The van der Waals surface area contributed by atoms with Crippen molar-refractivity contribution >= 4 is 17.5 Å². The van der Waals surface area contributed by atoms with Gasteiger partial charge in [0.05, 0.1) is 12.7 Å². The summed E-state index contributed by atoms with van der Waals surface area (Å²) in [5.41, 5.74) is 2.27. The minimum Gasteiger partial charge on any atom is -0.333 e. The van der Waals surface area contributed by atoms with Gasteiger partial charge >= 0.3 is 0 Å². The zero-order valence-electron chi connectivity index (χ0n) is 13.8. The second-order valence-corrected chi connectivity index (χ2v) is 5.97. The molecule has 7 heteroatoms. The van der Waals surface area contributed by atoms with Crippen LogP contribution >= 0.6 is 11.6 Å². The Labute approximate surface area is 151 Å². The Morgan fingerprint density at radius 2 is 1.96 bits per heavy atom. The summed E-state index contributed by atoms with van der Waals surface area (Å²) in [7, 11) is 0. The monoisotopic (exact) mass is 355 g/mol. The average molecular weight is 356 g/mol. The smallest absolute Gasteiger partial charge is 0.276 e. The Balaban J connectivity index is 1.72. The van der Waals surface area contributed by atoms with E-state index in [0.717, 1.165) is 11.1 Å². The number of halogens is 1. The second kappa shape index (κ2) is 7.90. The number of hydrogen-bond donors (Lipinski definition) is 0. The van der Waals surface area contributed by atoms with E-state index in [2.05, 4.69) is 15.3 Å². The van der Waals surface area contributed by atoms with Gasteiger partial charge in [0, 0.05) is 30.5 Å². The molecule has 0 spiro atoms. The van der Waals surface area contributed by atoms with Crippen LogP contribution in [0.3, 0.4) is 0 Å². The number of hydrogen-bond acceptors (Lipinski definition) is 4. The van der Waals surface area contributed by atoms with Gasteiger partial charge in [-0.25, -0.2) is 4.68 Å². The zero-order chi connectivity index (χ0) is 17.6.